The molecule has 1 aromatic carbocycles. The van der Waals surface area contributed by atoms with Crippen LogP contribution < -0.4 is 16.8 Å². The van der Waals surface area contributed by atoms with Crippen molar-refractivity contribution >= 4 is 17.3 Å². The average Bonchev–Trinajstić information content (AvgIpc) is 2.30. The molecule has 1 amide bonds. The fraction of sp³-hybridized carbons (Fsp3) is 0.533. The molecule has 1 aliphatic rings. The molecule has 0 spiro atoms. The minimum Gasteiger partial charge on any atom is -0.397 e. The van der Waals surface area contributed by atoms with Crippen molar-refractivity contribution in [3.05, 3.63) is 23.8 Å². The summed E-state index contributed by atoms with van der Waals surface area (Å²) < 4.78 is 0. The minimum absolute atomic E-state index is 0.446. The van der Waals surface area contributed by atoms with E-state index in [2.05, 4.69) is 19.2 Å². The van der Waals surface area contributed by atoms with Crippen LogP contribution in [0, 0.1) is 11.8 Å². The summed E-state index contributed by atoms with van der Waals surface area (Å²) in [7, 11) is 0. The molecule has 0 radical (unpaired) electrons. The van der Waals surface area contributed by atoms with Crippen LogP contribution in [0.4, 0.5) is 11.4 Å². The molecule has 1 fully saturated rings. The molecule has 19 heavy (non-hydrogen) atoms. The van der Waals surface area contributed by atoms with Crippen molar-refractivity contribution in [2.75, 3.05) is 11.1 Å². The Morgan fingerprint density at radius 3 is 2.37 bits per heavy atom. The maximum atomic E-state index is 11.1. The fourth-order valence-electron chi connectivity index (χ4n) is 3.13. The zero-order chi connectivity index (χ0) is 14.0. The maximum absolute atomic E-state index is 11.1. The van der Waals surface area contributed by atoms with Crippen molar-refractivity contribution in [2.24, 2.45) is 17.6 Å². The SMILES string of the molecule is CC1CC(C)CC(Nc2ccc(C(N)=O)cc2N)C1. The van der Waals surface area contributed by atoms with Gasteiger partial charge in [-0.15, -0.1) is 0 Å². The third-order valence-corrected chi connectivity index (χ3v) is 3.87. The number of nitrogens with one attached hydrogen (secondary N) is 1. The van der Waals surface area contributed by atoms with Crippen molar-refractivity contribution < 1.29 is 4.79 Å². The normalized spacial score (nSPS) is 26.9. The second-order valence-corrected chi connectivity index (χ2v) is 5.92. The van der Waals surface area contributed by atoms with E-state index in [0.29, 0.717) is 17.3 Å². The van der Waals surface area contributed by atoms with Crippen LogP contribution in [0.25, 0.3) is 0 Å². The molecule has 4 heteroatoms. The third-order valence-electron chi connectivity index (χ3n) is 3.87. The number of anilines is 2. The fourth-order valence-corrected chi connectivity index (χ4v) is 3.13. The first kappa shape index (κ1) is 13.7. The van der Waals surface area contributed by atoms with Crippen LogP contribution in [-0.4, -0.2) is 11.9 Å². The molecule has 5 N–H and O–H groups in total. The molecule has 0 aliphatic heterocycles. The van der Waals surface area contributed by atoms with E-state index in [1.165, 1.54) is 19.3 Å². The molecule has 1 aliphatic carbocycles. The van der Waals surface area contributed by atoms with Crippen molar-refractivity contribution in [3.63, 3.8) is 0 Å². The summed E-state index contributed by atoms with van der Waals surface area (Å²) in [6, 6.07) is 5.66. The third kappa shape index (κ3) is 3.40. The minimum atomic E-state index is -0.446. The van der Waals surface area contributed by atoms with E-state index in [1.807, 2.05) is 6.07 Å². The van der Waals surface area contributed by atoms with Gasteiger partial charge in [-0.3, -0.25) is 4.79 Å². The Kier molecular flexibility index (Phi) is 3.98. The number of nitrogens with two attached hydrogens (primary N) is 2. The Hall–Kier alpha value is -1.71. The molecule has 104 valence electrons. The first-order chi connectivity index (χ1) is 8.95. The number of carbonyl (C=O) groups excluding carboxylic acids is 1. The van der Waals surface area contributed by atoms with E-state index in [0.717, 1.165) is 17.5 Å². The van der Waals surface area contributed by atoms with Gasteiger partial charge in [0.15, 0.2) is 0 Å². The molecule has 0 bridgehead atoms. The van der Waals surface area contributed by atoms with Gasteiger partial charge in [0.1, 0.15) is 0 Å². The van der Waals surface area contributed by atoms with Crippen LogP contribution in [0.15, 0.2) is 18.2 Å². The van der Waals surface area contributed by atoms with E-state index in [1.54, 1.807) is 12.1 Å². The number of carbonyl (C=O) groups is 1. The number of hydrogen-bond acceptors (Lipinski definition) is 3. The van der Waals surface area contributed by atoms with E-state index in [-0.39, 0.29) is 0 Å². The first-order valence-corrected chi connectivity index (χ1v) is 6.91. The van der Waals surface area contributed by atoms with Gasteiger partial charge in [-0.1, -0.05) is 13.8 Å². The van der Waals surface area contributed by atoms with E-state index in [4.69, 9.17) is 11.5 Å². The largest absolute Gasteiger partial charge is 0.397 e. The average molecular weight is 261 g/mol. The molecular formula is C15H23N3O. The second kappa shape index (κ2) is 5.51. The molecule has 4 nitrogen and oxygen atoms in total. The Bertz CT molecular complexity index is 462. The predicted octanol–water partition coefficient (Wildman–Crippen LogP) is 2.60. The van der Waals surface area contributed by atoms with Crippen LogP contribution >= 0.6 is 0 Å². The summed E-state index contributed by atoms with van der Waals surface area (Å²) >= 11 is 0. The lowest BCUT2D eigenvalue weighted by Crippen LogP contribution is -2.30. The van der Waals surface area contributed by atoms with Crippen molar-refractivity contribution in [1.82, 2.24) is 0 Å². The summed E-state index contributed by atoms with van der Waals surface area (Å²) in [5.74, 6) is 1.04. The van der Waals surface area contributed by atoms with Gasteiger partial charge in [0.05, 0.1) is 11.4 Å². The number of amides is 1. The van der Waals surface area contributed by atoms with Crippen LogP contribution in [0.2, 0.25) is 0 Å². The molecule has 0 saturated heterocycles. The molecule has 2 unspecified atom stereocenters. The zero-order valence-corrected chi connectivity index (χ0v) is 11.6. The summed E-state index contributed by atoms with van der Waals surface area (Å²) in [6.07, 6.45) is 3.64. The van der Waals surface area contributed by atoms with Gasteiger partial charge in [0, 0.05) is 11.6 Å². The van der Waals surface area contributed by atoms with E-state index < -0.39 is 5.91 Å². The second-order valence-electron chi connectivity index (χ2n) is 5.92. The highest BCUT2D eigenvalue weighted by atomic mass is 16.1. The molecule has 0 heterocycles. The molecular weight excluding hydrogens is 238 g/mol. The summed E-state index contributed by atoms with van der Waals surface area (Å²) in [6.45, 7) is 4.59. The van der Waals surface area contributed by atoms with Gasteiger partial charge in [0.25, 0.3) is 0 Å². The van der Waals surface area contributed by atoms with Gasteiger partial charge >= 0.3 is 0 Å². The van der Waals surface area contributed by atoms with Crippen LogP contribution in [-0.2, 0) is 0 Å². The first-order valence-electron chi connectivity index (χ1n) is 6.91. The van der Waals surface area contributed by atoms with Gasteiger partial charge in [-0.25, -0.2) is 0 Å². The lowest BCUT2D eigenvalue weighted by molar-refractivity contribution is 0.100. The Balaban J connectivity index is 2.08. The zero-order valence-electron chi connectivity index (χ0n) is 11.6. The summed E-state index contributed by atoms with van der Waals surface area (Å²) in [5.41, 5.74) is 13.2. The number of nitrogen functional groups attached to an aromatic ring is 1. The Morgan fingerprint density at radius 1 is 1.21 bits per heavy atom. The van der Waals surface area contributed by atoms with Gasteiger partial charge in [0.2, 0.25) is 5.91 Å². The number of benzene rings is 1. The molecule has 1 saturated carbocycles. The van der Waals surface area contributed by atoms with Gasteiger partial charge in [-0.05, 0) is 49.3 Å². The molecule has 0 aromatic heterocycles. The Labute approximate surface area is 114 Å². The van der Waals surface area contributed by atoms with Crippen molar-refractivity contribution in [3.8, 4) is 0 Å². The van der Waals surface area contributed by atoms with Crippen LogP contribution in [0.1, 0.15) is 43.5 Å². The molecule has 2 rings (SSSR count). The summed E-state index contributed by atoms with van der Waals surface area (Å²) in [5, 5.41) is 3.50. The number of primary amides is 1. The van der Waals surface area contributed by atoms with Crippen LogP contribution in [0.3, 0.4) is 0 Å². The van der Waals surface area contributed by atoms with Crippen LogP contribution in [0.5, 0.6) is 0 Å². The highest BCUT2D eigenvalue weighted by Gasteiger charge is 2.24. The number of rotatable bonds is 3. The number of hydrogen-bond donors (Lipinski definition) is 3. The van der Waals surface area contributed by atoms with E-state index >= 15 is 0 Å². The van der Waals surface area contributed by atoms with Crippen molar-refractivity contribution in [2.45, 2.75) is 39.2 Å². The smallest absolute Gasteiger partial charge is 0.248 e. The predicted molar refractivity (Wildman–Crippen MR) is 79.0 cm³/mol. The lowest BCUT2D eigenvalue weighted by atomic mass is 9.80. The quantitative estimate of drug-likeness (QED) is 0.731. The van der Waals surface area contributed by atoms with Crippen molar-refractivity contribution in [1.29, 1.82) is 0 Å². The van der Waals surface area contributed by atoms with E-state index in [9.17, 15) is 4.79 Å². The Morgan fingerprint density at radius 2 is 1.84 bits per heavy atom. The lowest BCUT2D eigenvalue weighted by Gasteiger charge is -2.33. The highest BCUT2D eigenvalue weighted by molar-refractivity contribution is 5.94. The standard InChI is InChI=1S/C15H23N3O/c1-9-5-10(2)7-12(6-9)18-14-4-3-11(15(17)19)8-13(14)16/h3-4,8-10,12,18H,5-7,16H2,1-2H3,(H2,17,19). The van der Waals surface area contributed by atoms with Gasteiger partial charge < -0.3 is 16.8 Å². The maximum Gasteiger partial charge on any atom is 0.248 e. The van der Waals surface area contributed by atoms with Gasteiger partial charge in [-0.2, -0.15) is 0 Å². The highest BCUT2D eigenvalue weighted by Crippen LogP contribution is 2.31. The molecule has 2 atom stereocenters. The molecule has 1 aromatic rings. The topological polar surface area (TPSA) is 81.1 Å². The summed E-state index contributed by atoms with van der Waals surface area (Å²) in [4.78, 5) is 11.1. The monoisotopic (exact) mass is 261 g/mol.